The topological polar surface area (TPSA) is 98.2 Å². The minimum Gasteiger partial charge on any atom is -0.478 e. The molecule has 17 heavy (non-hydrogen) atoms. The van der Waals surface area contributed by atoms with Gasteiger partial charge in [0.2, 0.25) is 0 Å². The lowest BCUT2D eigenvalue weighted by Gasteiger charge is -2.04. The van der Waals surface area contributed by atoms with Gasteiger partial charge in [0.05, 0.1) is 17.4 Å². The minimum atomic E-state index is -1.18. The Balaban J connectivity index is 2.50. The average molecular weight is 231 g/mol. The number of hydrogen-bond acceptors (Lipinski definition) is 4. The van der Waals surface area contributed by atoms with Crippen LogP contribution in [0.1, 0.15) is 10.4 Å². The standard InChI is InChI=1S/C11H9N3O3/c12-8-1-3-9(4-2-8)14-10(15)5-7(6-13-14)11(16)17/h1-6H,12H2,(H,16,17). The van der Waals surface area contributed by atoms with Crippen molar-refractivity contribution in [1.82, 2.24) is 9.78 Å². The van der Waals surface area contributed by atoms with Gasteiger partial charge in [-0.2, -0.15) is 9.78 Å². The average Bonchev–Trinajstić information content (AvgIpc) is 2.30. The summed E-state index contributed by atoms with van der Waals surface area (Å²) in [5, 5.41) is 12.5. The predicted octanol–water partition coefficient (Wildman–Crippen LogP) is 0.513. The number of rotatable bonds is 2. The van der Waals surface area contributed by atoms with Crippen molar-refractivity contribution in [2.45, 2.75) is 0 Å². The van der Waals surface area contributed by atoms with Crippen LogP contribution in [0, 0.1) is 0 Å². The first kappa shape index (κ1) is 10.9. The lowest BCUT2D eigenvalue weighted by Crippen LogP contribution is -2.21. The van der Waals surface area contributed by atoms with Gasteiger partial charge in [0.1, 0.15) is 0 Å². The molecule has 0 saturated carbocycles. The molecule has 3 N–H and O–H groups in total. The Hall–Kier alpha value is -2.63. The minimum absolute atomic E-state index is 0.137. The van der Waals surface area contributed by atoms with E-state index in [0.717, 1.165) is 16.9 Å². The van der Waals surface area contributed by atoms with E-state index >= 15 is 0 Å². The van der Waals surface area contributed by atoms with Crippen LogP contribution in [0.25, 0.3) is 5.69 Å². The highest BCUT2D eigenvalue weighted by molar-refractivity contribution is 5.86. The number of carbonyl (C=O) groups is 1. The van der Waals surface area contributed by atoms with Gasteiger partial charge in [-0.15, -0.1) is 0 Å². The Morgan fingerprint density at radius 2 is 1.94 bits per heavy atom. The lowest BCUT2D eigenvalue weighted by molar-refractivity contribution is 0.0696. The summed E-state index contributed by atoms with van der Waals surface area (Å²) >= 11 is 0. The van der Waals surface area contributed by atoms with Crippen LogP contribution < -0.4 is 11.3 Å². The number of hydrogen-bond donors (Lipinski definition) is 2. The molecule has 1 heterocycles. The number of nitrogens with zero attached hydrogens (tertiary/aromatic N) is 2. The van der Waals surface area contributed by atoms with Crippen LogP contribution in [0.3, 0.4) is 0 Å². The van der Waals surface area contributed by atoms with E-state index in [1.807, 2.05) is 0 Å². The smallest absolute Gasteiger partial charge is 0.337 e. The van der Waals surface area contributed by atoms with Gasteiger partial charge in [0.25, 0.3) is 5.56 Å². The van der Waals surface area contributed by atoms with Crippen molar-refractivity contribution in [3.8, 4) is 5.69 Å². The molecule has 0 aliphatic rings. The summed E-state index contributed by atoms with van der Waals surface area (Å²) in [5.41, 5.74) is 5.98. The van der Waals surface area contributed by atoms with E-state index in [4.69, 9.17) is 10.8 Å². The molecule has 2 aromatic rings. The van der Waals surface area contributed by atoms with Crippen LogP contribution in [-0.4, -0.2) is 20.9 Å². The van der Waals surface area contributed by atoms with Gasteiger partial charge < -0.3 is 10.8 Å². The van der Waals surface area contributed by atoms with Gasteiger partial charge in [-0.25, -0.2) is 4.79 Å². The molecule has 0 spiro atoms. The molecule has 1 aromatic carbocycles. The zero-order valence-electron chi connectivity index (χ0n) is 8.70. The number of nitrogen functional groups attached to an aromatic ring is 1. The summed E-state index contributed by atoms with van der Waals surface area (Å²) in [6, 6.07) is 7.54. The zero-order valence-corrected chi connectivity index (χ0v) is 8.70. The third-order valence-corrected chi connectivity index (χ3v) is 2.18. The Kier molecular flexibility index (Phi) is 2.61. The summed E-state index contributed by atoms with van der Waals surface area (Å²) in [4.78, 5) is 22.3. The van der Waals surface area contributed by atoms with Gasteiger partial charge >= 0.3 is 5.97 Å². The number of benzene rings is 1. The fourth-order valence-corrected chi connectivity index (χ4v) is 1.33. The van der Waals surface area contributed by atoms with Gasteiger partial charge in [-0.05, 0) is 24.3 Å². The maximum Gasteiger partial charge on any atom is 0.337 e. The number of anilines is 1. The molecule has 0 unspecified atom stereocenters. The zero-order chi connectivity index (χ0) is 12.4. The first-order valence-electron chi connectivity index (χ1n) is 4.76. The second kappa shape index (κ2) is 4.09. The summed E-state index contributed by atoms with van der Waals surface area (Å²) in [5.74, 6) is -1.18. The van der Waals surface area contributed by atoms with Gasteiger partial charge in [0.15, 0.2) is 0 Å². The van der Waals surface area contributed by atoms with Crippen molar-refractivity contribution < 1.29 is 9.90 Å². The highest BCUT2D eigenvalue weighted by Crippen LogP contribution is 2.07. The largest absolute Gasteiger partial charge is 0.478 e. The van der Waals surface area contributed by atoms with E-state index < -0.39 is 11.5 Å². The van der Waals surface area contributed by atoms with Crippen molar-refractivity contribution in [3.63, 3.8) is 0 Å². The van der Waals surface area contributed by atoms with Crippen molar-refractivity contribution in [3.05, 3.63) is 52.4 Å². The Morgan fingerprint density at radius 3 is 2.47 bits per heavy atom. The molecule has 2 rings (SSSR count). The molecule has 6 heteroatoms. The molecule has 0 aliphatic heterocycles. The molecule has 0 radical (unpaired) electrons. The van der Waals surface area contributed by atoms with E-state index in [9.17, 15) is 9.59 Å². The Bertz CT molecular complexity index is 617. The molecule has 0 fully saturated rings. The number of aromatic nitrogens is 2. The van der Waals surface area contributed by atoms with Crippen LogP contribution in [0.15, 0.2) is 41.3 Å². The summed E-state index contributed by atoms with van der Waals surface area (Å²) in [6.45, 7) is 0. The third-order valence-electron chi connectivity index (χ3n) is 2.18. The van der Waals surface area contributed by atoms with E-state index in [2.05, 4.69) is 5.10 Å². The normalized spacial score (nSPS) is 10.1. The maximum absolute atomic E-state index is 11.6. The molecular weight excluding hydrogens is 222 g/mol. The van der Waals surface area contributed by atoms with Crippen molar-refractivity contribution >= 4 is 11.7 Å². The lowest BCUT2D eigenvalue weighted by atomic mass is 10.3. The Labute approximate surface area is 95.9 Å². The van der Waals surface area contributed by atoms with Gasteiger partial charge in [0, 0.05) is 11.8 Å². The summed E-state index contributed by atoms with van der Waals surface area (Å²) in [6.07, 6.45) is 1.13. The van der Waals surface area contributed by atoms with Crippen LogP contribution in [0.4, 0.5) is 5.69 Å². The molecular formula is C11H9N3O3. The second-order valence-electron chi connectivity index (χ2n) is 3.39. The Morgan fingerprint density at radius 1 is 1.29 bits per heavy atom. The number of nitrogens with two attached hydrogens (primary N) is 1. The number of aromatic carboxylic acids is 1. The summed E-state index contributed by atoms with van der Waals surface area (Å²) in [7, 11) is 0. The molecule has 0 saturated heterocycles. The van der Waals surface area contributed by atoms with Crippen LogP contribution in [-0.2, 0) is 0 Å². The third kappa shape index (κ3) is 2.15. The van der Waals surface area contributed by atoms with Gasteiger partial charge in [-0.3, -0.25) is 4.79 Å². The molecule has 6 nitrogen and oxygen atoms in total. The first-order valence-corrected chi connectivity index (χ1v) is 4.76. The summed E-state index contributed by atoms with van der Waals surface area (Å²) < 4.78 is 1.10. The SMILES string of the molecule is Nc1ccc(-n2ncc(C(=O)O)cc2=O)cc1. The maximum atomic E-state index is 11.6. The molecule has 0 bridgehead atoms. The van der Waals surface area contributed by atoms with Crippen LogP contribution >= 0.6 is 0 Å². The van der Waals surface area contributed by atoms with Gasteiger partial charge in [-0.1, -0.05) is 0 Å². The fourth-order valence-electron chi connectivity index (χ4n) is 1.33. The highest BCUT2D eigenvalue weighted by Gasteiger charge is 2.07. The van der Waals surface area contributed by atoms with Crippen LogP contribution in [0.5, 0.6) is 0 Å². The van der Waals surface area contributed by atoms with E-state index in [-0.39, 0.29) is 5.56 Å². The van der Waals surface area contributed by atoms with Crippen molar-refractivity contribution in [2.75, 3.05) is 5.73 Å². The second-order valence-corrected chi connectivity index (χ2v) is 3.39. The fraction of sp³-hybridized carbons (Fsp3) is 0. The predicted molar refractivity (Wildman–Crippen MR) is 61.2 cm³/mol. The molecule has 1 aromatic heterocycles. The van der Waals surface area contributed by atoms with Crippen molar-refractivity contribution in [2.24, 2.45) is 0 Å². The highest BCUT2D eigenvalue weighted by atomic mass is 16.4. The monoisotopic (exact) mass is 231 g/mol. The molecule has 0 atom stereocenters. The number of carboxylic acids is 1. The van der Waals surface area contributed by atoms with E-state index in [1.54, 1.807) is 24.3 Å². The molecule has 0 amide bonds. The van der Waals surface area contributed by atoms with E-state index in [0.29, 0.717) is 11.4 Å². The molecule has 0 aliphatic carbocycles. The quantitative estimate of drug-likeness (QED) is 0.734. The first-order chi connectivity index (χ1) is 8.08. The van der Waals surface area contributed by atoms with E-state index in [1.165, 1.54) is 0 Å². The van der Waals surface area contributed by atoms with Crippen LogP contribution in [0.2, 0.25) is 0 Å². The molecule has 86 valence electrons. The van der Waals surface area contributed by atoms with Crippen molar-refractivity contribution in [1.29, 1.82) is 0 Å². The number of carboxylic acid groups (broad SMARTS) is 1.